The van der Waals surface area contributed by atoms with Crippen molar-refractivity contribution in [2.75, 3.05) is 0 Å². The summed E-state index contributed by atoms with van der Waals surface area (Å²) in [5, 5.41) is 0. The molecule has 0 spiro atoms. The quantitative estimate of drug-likeness (QED) is 0.554. The van der Waals surface area contributed by atoms with Crippen LogP contribution in [0.1, 0.15) is 0 Å². The summed E-state index contributed by atoms with van der Waals surface area (Å²) >= 11 is 0. The molecule has 1 unspecified atom stereocenters. The minimum atomic E-state index is -1.18. The van der Waals surface area contributed by atoms with E-state index in [1.807, 2.05) is 0 Å². The zero-order valence-corrected chi connectivity index (χ0v) is 5.27. The highest BCUT2D eigenvalue weighted by molar-refractivity contribution is 5.57. The first kappa shape index (κ1) is 7.15. The standard InChI is InChI=1S/C7H4F2.H3N/c8-6-3-4-1-2-5(6)7(4)9;/h1-3,7H;1H3. The number of alkyl halides is 1. The Morgan fingerprint density at radius 2 is 2.00 bits per heavy atom. The van der Waals surface area contributed by atoms with Crippen molar-refractivity contribution in [2.24, 2.45) is 0 Å². The summed E-state index contributed by atoms with van der Waals surface area (Å²) in [6, 6.07) is 0. The molecular formula is C7H7F2N. The number of hydrogen-bond acceptors (Lipinski definition) is 1. The van der Waals surface area contributed by atoms with Crippen LogP contribution in [0.4, 0.5) is 8.78 Å². The summed E-state index contributed by atoms with van der Waals surface area (Å²) in [6.45, 7) is 0. The number of hydrogen-bond donors (Lipinski definition) is 1. The number of rotatable bonds is 0. The molecule has 0 aliphatic heterocycles. The van der Waals surface area contributed by atoms with Crippen LogP contribution in [0.15, 0.2) is 35.2 Å². The lowest BCUT2D eigenvalue weighted by Crippen LogP contribution is -1.93. The molecule has 0 fully saturated rings. The normalized spacial score (nSPS) is 27.0. The topological polar surface area (TPSA) is 35.0 Å². The summed E-state index contributed by atoms with van der Waals surface area (Å²) in [4.78, 5) is 0. The molecule has 1 nitrogen and oxygen atoms in total. The Morgan fingerprint density at radius 1 is 1.30 bits per heavy atom. The van der Waals surface area contributed by atoms with E-state index in [0.29, 0.717) is 5.57 Å². The van der Waals surface area contributed by atoms with E-state index in [2.05, 4.69) is 0 Å². The monoisotopic (exact) mass is 143 g/mol. The highest BCUT2D eigenvalue weighted by Crippen LogP contribution is 2.36. The fraction of sp³-hybridized carbons (Fsp3) is 0.143. The Morgan fingerprint density at radius 3 is 2.20 bits per heavy atom. The van der Waals surface area contributed by atoms with E-state index >= 15 is 0 Å². The van der Waals surface area contributed by atoms with Crippen molar-refractivity contribution in [2.45, 2.75) is 6.17 Å². The summed E-state index contributed by atoms with van der Waals surface area (Å²) in [5.41, 5.74) is 0.632. The fourth-order valence-electron chi connectivity index (χ4n) is 1.09. The molecule has 0 saturated heterocycles. The van der Waals surface area contributed by atoms with Gasteiger partial charge in [-0.3, -0.25) is 0 Å². The van der Waals surface area contributed by atoms with Gasteiger partial charge in [-0.1, -0.05) is 12.2 Å². The van der Waals surface area contributed by atoms with Gasteiger partial charge in [0.05, 0.1) is 0 Å². The highest BCUT2D eigenvalue weighted by atomic mass is 19.1. The maximum atomic E-state index is 12.6. The van der Waals surface area contributed by atoms with Gasteiger partial charge in [0, 0.05) is 5.57 Å². The largest absolute Gasteiger partial charge is 0.344 e. The van der Waals surface area contributed by atoms with Crippen molar-refractivity contribution in [1.29, 1.82) is 0 Å². The van der Waals surface area contributed by atoms with Crippen molar-refractivity contribution in [3.8, 4) is 0 Å². The van der Waals surface area contributed by atoms with E-state index in [9.17, 15) is 8.78 Å². The second-order valence-corrected chi connectivity index (χ2v) is 2.14. The fourth-order valence-corrected chi connectivity index (χ4v) is 1.09. The Bertz CT molecular complexity index is 250. The van der Waals surface area contributed by atoms with Crippen LogP contribution in [0.3, 0.4) is 0 Å². The third-order valence-corrected chi connectivity index (χ3v) is 1.59. The minimum Gasteiger partial charge on any atom is -0.344 e. The molecule has 1 atom stereocenters. The molecule has 0 saturated carbocycles. The van der Waals surface area contributed by atoms with Crippen LogP contribution in [0.25, 0.3) is 0 Å². The van der Waals surface area contributed by atoms with Gasteiger partial charge in [0.2, 0.25) is 0 Å². The van der Waals surface area contributed by atoms with Gasteiger partial charge in [0.1, 0.15) is 5.83 Å². The number of allylic oxidation sites excluding steroid dienone is 6. The zero-order chi connectivity index (χ0) is 6.43. The number of fused-ring (bicyclic) bond motifs is 2. The molecule has 10 heavy (non-hydrogen) atoms. The molecule has 0 aromatic carbocycles. The van der Waals surface area contributed by atoms with Crippen molar-refractivity contribution in [3.63, 3.8) is 0 Å². The van der Waals surface area contributed by atoms with Crippen LogP contribution in [0.2, 0.25) is 0 Å². The van der Waals surface area contributed by atoms with Gasteiger partial charge < -0.3 is 6.15 Å². The third kappa shape index (κ3) is 0.640. The maximum Gasteiger partial charge on any atom is 0.153 e. The molecule has 2 rings (SSSR count). The smallest absolute Gasteiger partial charge is 0.153 e. The van der Waals surface area contributed by atoms with Gasteiger partial charge in [-0.15, -0.1) is 0 Å². The van der Waals surface area contributed by atoms with Crippen LogP contribution in [0, 0.1) is 0 Å². The lowest BCUT2D eigenvalue weighted by molar-refractivity contribution is 0.450. The first-order valence-electron chi connectivity index (χ1n) is 2.72. The van der Waals surface area contributed by atoms with Crippen LogP contribution in [-0.2, 0) is 0 Å². The molecule has 2 aliphatic carbocycles. The lowest BCUT2D eigenvalue weighted by atomic mass is 10.2. The van der Waals surface area contributed by atoms with E-state index in [0.717, 1.165) is 0 Å². The first-order chi connectivity index (χ1) is 4.29. The predicted octanol–water partition coefficient (Wildman–Crippen LogP) is 2.22. The van der Waals surface area contributed by atoms with Gasteiger partial charge >= 0.3 is 0 Å². The average Bonchev–Trinajstić information content (AvgIpc) is 2.25. The van der Waals surface area contributed by atoms with Gasteiger partial charge in [-0.05, 0) is 11.6 Å². The second-order valence-electron chi connectivity index (χ2n) is 2.14. The Labute approximate surface area is 57.3 Å². The van der Waals surface area contributed by atoms with E-state index in [-0.39, 0.29) is 11.7 Å². The molecule has 3 heteroatoms. The molecule has 0 amide bonds. The summed E-state index contributed by atoms with van der Waals surface area (Å²) in [5.74, 6) is -0.417. The van der Waals surface area contributed by atoms with Gasteiger partial charge in [0.15, 0.2) is 6.17 Å². The molecule has 3 N–H and O–H groups in total. The molecule has 0 heterocycles. The molecule has 54 valence electrons. The Balaban J connectivity index is 0.000000500. The van der Waals surface area contributed by atoms with Crippen molar-refractivity contribution >= 4 is 0 Å². The molecule has 2 aliphatic rings. The minimum absolute atomic E-state index is 0. The van der Waals surface area contributed by atoms with Gasteiger partial charge in [-0.2, -0.15) is 0 Å². The van der Waals surface area contributed by atoms with E-state index in [1.165, 1.54) is 12.2 Å². The molecule has 0 radical (unpaired) electrons. The van der Waals surface area contributed by atoms with Crippen LogP contribution in [0.5, 0.6) is 0 Å². The van der Waals surface area contributed by atoms with E-state index in [1.54, 1.807) is 6.08 Å². The van der Waals surface area contributed by atoms with E-state index in [4.69, 9.17) is 0 Å². The molecule has 0 aromatic rings. The van der Waals surface area contributed by atoms with Gasteiger partial charge in [-0.25, -0.2) is 8.78 Å². The summed E-state index contributed by atoms with van der Waals surface area (Å²) in [7, 11) is 0. The Hall–Kier alpha value is -0.960. The summed E-state index contributed by atoms with van der Waals surface area (Å²) in [6.07, 6.45) is 3.14. The second kappa shape index (κ2) is 2.02. The third-order valence-electron chi connectivity index (χ3n) is 1.59. The van der Waals surface area contributed by atoms with Crippen LogP contribution in [-0.4, -0.2) is 6.17 Å². The highest BCUT2D eigenvalue weighted by Gasteiger charge is 2.29. The van der Waals surface area contributed by atoms with Crippen molar-refractivity contribution in [3.05, 3.63) is 35.2 Å². The molecule has 2 bridgehead atoms. The predicted molar refractivity (Wildman–Crippen MR) is 35.3 cm³/mol. The first-order valence-corrected chi connectivity index (χ1v) is 2.72. The number of halogens is 2. The maximum absolute atomic E-state index is 12.6. The molecule has 0 aromatic heterocycles. The van der Waals surface area contributed by atoms with Gasteiger partial charge in [0.25, 0.3) is 0 Å². The average molecular weight is 143 g/mol. The lowest BCUT2D eigenvalue weighted by Gasteiger charge is -1.92. The SMILES string of the molecule is FC1=C2C=CC(=C1)C2F.N. The van der Waals surface area contributed by atoms with Crippen LogP contribution < -0.4 is 6.15 Å². The van der Waals surface area contributed by atoms with Crippen LogP contribution >= 0.6 is 0 Å². The zero-order valence-electron chi connectivity index (χ0n) is 5.27. The van der Waals surface area contributed by atoms with Crippen molar-refractivity contribution < 1.29 is 8.78 Å². The summed E-state index contributed by atoms with van der Waals surface area (Å²) < 4.78 is 25.0. The van der Waals surface area contributed by atoms with E-state index < -0.39 is 12.0 Å². The molecular weight excluding hydrogens is 136 g/mol. The Kier molecular flexibility index (Phi) is 1.45. The van der Waals surface area contributed by atoms with Crippen molar-refractivity contribution in [1.82, 2.24) is 6.15 Å².